The van der Waals surface area contributed by atoms with Gasteiger partial charge < -0.3 is 5.32 Å². The number of aromatic nitrogens is 4. The fraction of sp³-hybridized carbons (Fsp3) is 0.355. The normalized spacial score (nSPS) is 21.4. The SMILES string of the molecule is Cc1c(-c2cc(NS(C)(=O)=O)cnc2[C@H](Cc2cc(F)cc(F)c2)NC(=O)C[N+]2=NC(C(F)(F)F)C3=C2C(F)(F)[C@@H]2C[C@H]32)ccc2n[nH]c(=O)n12. The highest BCUT2D eigenvalue weighted by atomic mass is 32.2. The van der Waals surface area contributed by atoms with Gasteiger partial charge in [0.05, 0.1) is 29.9 Å². The van der Waals surface area contributed by atoms with Crippen LogP contribution < -0.4 is 15.7 Å². The van der Waals surface area contributed by atoms with Crippen LogP contribution in [0.25, 0.3) is 16.8 Å². The highest BCUT2D eigenvalue weighted by Gasteiger charge is 2.75. The maximum Gasteiger partial charge on any atom is 0.420 e. The van der Waals surface area contributed by atoms with Gasteiger partial charge in [0.1, 0.15) is 11.6 Å². The summed E-state index contributed by atoms with van der Waals surface area (Å²) in [5, 5.41) is 12.2. The standard InChI is InChI=1S/C31H25F7N8O4S/c1-13-18(3-4-23-41-42-29(48)46(13)23)19-9-17(44-51(2,49)50)11-39-26(19)22(7-14-5-15(32)8-16(33)6-14)40-24(47)12-45-28-25(27(43-45)31(36,37)38)20-10-21(20)30(28,34)35/h3-6,8-9,11,20-22,27,44H,7,10,12H2,1-2H3,(H-,40,42,47,48)/p+1/t20-,21+,22-,27?/m0/s1. The van der Waals surface area contributed by atoms with Crippen molar-refractivity contribution in [2.45, 2.75) is 43.9 Å². The molecular weight excluding hydrogens is 713 g/mol. The quantitative estimate of drug-likeness (QED) is 0.171. The molecule has 0 saturated heterocycles. The second kappa shape index (κ2) is 11.7. The molecule has 3 aliphatic rings. The van der Waals surface area contributed by atoms with E-state index in [9.17, 15) is 40.0 Å². The lowest BCUT2D eigenvalue weighted by Gasteiger charge is -2.23. The highest BCUT2D eigenvalue weighted by molar-refractivity contribution is 7.92. The zero-order valence-corrected chi connectivity index (χ0v) is 27.2. The molecule has 51 heavy (non-hydrogen) atoms. The predicted molar refractivity (Wildman–Crippen MR) is 164 cm³/mol. The van der Waals surface area contributed by atoms with Gasteiger partial charge in [-0.05, 0) is 66.7 Å². The number of hydrogen-bond acceptors (Lipinski definition) is 7. The molecule has 3 N–H and O–H groups in total. The second-order valence-corrected chi connectivity index (χ2v) is 14.4. The van der Waals surface area contributed by atoms with Gasteiger partial charge in [-0.1, -0.05) is 4.70 Å². The van der Waals surface area contributed by atoms with Crippen LogP contribution in [0, 0.1) is 30.4 Å². The maximum atomic E-state index is 15.2. The van der Waals surface area contributed by atoms with Crippen LogP contribution in [0.1, 0.15) is 29.4 Å². The first kappa shape index (κ1) is 34.3. The van der Waals surface area contributed by atoms with Crippen molar-refractivity contribution in [3.63, 3.8) is 0 Å². The number of azo groups is 2. The first-order valence-corrected chi connectivity index (χ1v) is 17.2. The van der Waals surface area contributed by atoms with Crippen LogP contribution in [0.4, 0.5) is 36.4 Å². The Hall–Kier alpha value is -5.14. The number of nitrogens with one attached hydrogen (secondary N) is 3. The van der Waals surface area contributed by atoms with Crippen molar-refractivity contribution >= 4 is 27.3 Å². The average Bonchev–Trinajstić information content (AvgIpc) is 3.49. The Bertz CT molecular complexity index is 2350. The summed E-state index contributed by atoms with van der Waals surface area (Å²) in [5.74, 6) is -9.00. The third-order valence-electron chi connectivity index (χ3n) is 9.02. The van der Waals surface area contributed by atoms with E-state index in [1.165, 1.54) is 22.6 Å². The van der Waals surface area contributed by atoms with E-state index in [4.69, 9.17) is 0 Å². The fourth-order valence-corrected chi connectivity index (χ4v) is 7.52. The molecule has 3 aromatic heterocycles. The first-order valence-electron chi connectivity index (χ1n) is 15.3. The number of fused-ring (bicyclic) bond motifs is 3. The van der Waals surface area contributed by atoms with Crippen LogP contribution in [0.2, 0.25) is 0 Å². The summed E-state index contributed by atoms with van der Waals surface area (Å²) in [6.45, 7) is 0.478. The molecule has 0 bridgehead atoms. The van der Waals surface area contributed by atoms with E-state index in [1.807, 2.05) is 0 Å². The number of carbonyl (C=O) groups is 1. The number of pyridine rings is 2. The summed E-state index contributed by atoms with van der Waals surface area (Å²) in [7, 11) is -3.85. The lowest BCUT2D eigenvalue weighted by Crippen LogP contribution is -2.38. The number of benzene rings is 1. The number of aromatic amines is 1. The number of rotatable bonds is 9. The number of amides is 1. The summed E-state index contributed by atoms with van der Waals surface area (Å²) in [5.41, 5.74) is -1.33. The smallest absolute Gasteiger partial charge is 0.342 e. The minimum absolute atomic E-state index is 0.00230. The molecule has 1 unspecified atom stereocenters. The Morgan fingerprint density at radius 3 is 2.51 bits per heavy atom. The van der Waals surface area contributed by atoms with Gasteiger partial charge in [-0.15, -0.1) is 0 Å². The van der Waals surface area contributed by atoms with Crippen LogP contribution >= 0.6 is 0 Å². The molecule has 268 valence electrons. The molecule has 20 heteroatoms. The van der Waals surface area contributed by atoms with Crippen LogP contribution in [-0.4, -0.2) is 69.5 Å². The molecule has 1 amide bonds. The van der Waals surface area contributed by atoms with Gasteiger partial charge in [-0.25, -0.2) is 31.5 Å². The average molecular weight is 740 g/mol. The number of alkyl halides is 5. The molecule has 4 heterocycles. The van der Waals surface area contributed by atoms with Crippen LogP contribution in [-0.2, 0) is 21.2 Å². The molecule has 1 aromatic carbocycles. The molecule has 0 spiro atoms. The third kappa shape index (κ3) is 6.25. The molecule has 0 radical (unpaired) electrons. The first-order chi connectivity index (χ1) is 23.8. The predicted octanol–water partition coefficient (Wildman–Crippen LogP) is 4.39. The number of halogens is 7. The van der Waals surface area contributed by atoms with E-state index in [0.29, 0.717) is 10.8 Å². The number of H-pyrrole nitrogens is 1. The third-order valence-corrected chi connectivity index (χ3v) is 9.62. The Morgan fingerprint density at radius 1 is 1.14 bits per heavy atom. The van der Waals surface area contributed by atoms with E-state index >= 15 is 8.78 Å². The van der Waals surface area contributed by atoms with Gasteiger partial charge >= 0.3 is 17.8 Å². The molecule has 12 nitrogen and oxygen atoms in total. The Morgan fingerprint density at radius 2 is 1.84 bits per heavy atom. The zero-order valence-electron chi connectivity index (χ0n) is 26.4. The van der Waals surface area contributed by atoms with Crippen molar-refractivity contribution in [1.29, 1.82) is 0 Å². The maximum absolute atomic E-state index is 15.2. The number of sulfonamides is 1. The van der Waals surface area contributed by atoms with Gasteiger partial charge in [-0.3, -0.25) is 14.5 Å². The van der Waals surface area contributed by atoms with Crippen molar-refractivity contribution in [3.05, 3.63) is 92.9 Å². The van der Waals surface area contributed by atoms with E-state index in [2.05, 4.69) is 30.3 Å². The molecular formula is C31H26F7N8O4S+. The molecule has 1 aliphatic heterocycles. The number of nitrogens with zero attached hydrogens (tertiary/aromatic N) is 5. The minimum atomic E-state index is -4.99. The van der Waals surface area contributed by atoms with Crippen LogP contribution in [0.5, 0.6) is 0 Å². The zero-order chi connectivity index (χ0) is 36.8. The Balaban J connectivity index is 1.32. The molecule has 2 aliphatic carbocycles. The van der Waals surface area contributed by atoms with Gasteiger partial charge in [0.15, 0.2) is 5.65 Å². The molecule has 1 saturated carbocycles. The topological polar surface area (TPSA) is 154 Å². The van der Waals surface area contributed by atoms with E-state index in [0.717, 1.165) is 24.6 Å². The summed E-state index contributed by atoms with van der Waals surface area (Å²) >= 11 is 0. The van der Waals surface area contributed by atoms with Crippen LogP contribution in [0.15, 0.2) is 63.8 Å². The highest BCUT2D eigenvalue weighted by Crippen LogP contribution is 2.66. The minimum Gasteiger partial charge on any atom is -0.342 e. The summed E-state index contributed by atoms with van der Waals surface area (Å²) < 4.78 is 129. The van der Waals surface area contributed by atoms with Crippen molar-refractivity contribution < 1.29 is 48.6 Å². The van der Waals surface area contributed by atoms with Gasteiger partial charge in [-0.2, -0.15) is 27.1 Å². The van der Waals surface area contributed by atoms with E-state index in [-0.39, 0.29) is 52.3 Å². The number of aryl methyl sites for hydroxylation is 1. The number of carbonyl (C=O) groups excluding carboxylic acids is 1. The molecule has 4 atom stereocenters. The van der Waals surface area contributed by atoms with Crippen molar-refractivity contribution in [3.8, 4) is 11.1 Å². The lowest BCUT2D eigenvalue weighted by molar-refractivity contribution is -0.549. The monoisotopic (exact) mass is 739 g/mol. The van der Waals surface area contributed by atoms with Gasteiger partial charge in [0.2, 0.25) is 16.1 Å². The van der Waals surface area contributed by atoms with E-state index < -0.39 is 87.1 Å². The van der Waals surface area contributed by atoms with Gasteiger partial charge in [0, 0.05) is 34.4 Å². The molecule has 4 aromatic rings. The largest absolute Gasteiger partial charge is 0.420 e. The van der Waals surface area contributed by atoms with Crippen molar-refractivity contribution in [2.24, 2.45) is 17.0 Å². The number of anilines is 1. The van der Waals surface area contributed by atoms with E-state index in [1.54, 1.807) is 6.92 Å². The van der Waals surface area contributed by atoms with Gasteiger partial charge in [0.25, 0.3) is 18.1 Å². The second-order valence-electron chi connectivity index (χ2n) is 12.7. The molecule has 7 rings (SSSR count). The Kier molecular flexibility index (Phi) is 7.88. The molecule has 1 fully saturated rings. The summed E-state index contributed by atoms with van der Waals surface area (Å²) in [4.78, 5) is 30.6. The van der Waals surface area contributed by atoms with Crippen molar-refractivity contribution in [2.75, 3.05) is 17.5 Å². The van der Waals surface area contributed by atoms with Crippen LogP contribution in [0.3, 0.4) is 0 Å². The lowest BCUT2D eigenvalue weighted by atomic mass is 9.94. The number of hydrogen-bond donors (Lipinski definition) is 3. The summed E-state index contributed by atoms with van der Waals surface area (Å²) in [6, 6.07) is 2.97. The fourth-order valence-electron chi connectivity index (χ4n) is 6.98. The van der Waals surface area contributed by atoms with Crippen molar-refractivity contribution in [1.82, 2.24) is 24.9 Å². The Labute approximate surface area is 283 Å². The summed E-state index contributed by atoms with van der Waals surface area (Å²) in [6.07, 6.45) is -3.53. The number of allylic oxidation sites excluding steroid dienone is 1.